The molecule has 0 radical (unpaired) electrons. The van der Waals surface area contributed by atoms with Crippen LogP contribution in [0.3, 0.4) is 0 Å². The molecular weight excluding hydrogens is 234 g/mol. The summed E-state index contributed by atoms with van der Waals surface area (Å²) in [5.41, 5.74) is 7.72. The van der Waals surface area contributed by atoms with Gasteiger partial charge in [-0.2, -0.15) is 0 Å². The van der Waals surface area contributed by atoms with Crippen molar-refractivity contribution in [3.05, 3.63) is 30.1 Å². The molecule has 1 aromatic rings. The van der Waals surface area contributed by atoms with Crippen molar-refractivity contribution in [2.45, 2.75) is 39.7 Å². The second-order valence-electron chi connectivity index (χ2n) is 6.71. The fourth-order valence-corrected chi connectivity index (χ4v) is 3.16. The Labute approximate surface area is 117 Å². The van der Waals surface area contributed by atoms with Gasteiger partial charge in [0.05, 0.1) is 0 Å². The first-order chi connectivity index (χ1) is 9.02. The summed E-state index contributed by atoms with van der Waals surface area (Å²) in [4.78, 5) is 6.63. The van der Waals surface area contributed by atoms with Gasteiger partial charge < -0.3 is 5.73 Å². The molecule has 3 nitrogen and oxygen atoms in total. The van der Waals surface area contributed by atoms with Crippen molar-refractivity contribution >= 4 is 0 Å². The first-order valence-electron chi connectivity index (χ1n) is 7.36. The fraction of sp³-hybridized carbons (Fsp3) is 0.688. The number of nitrogens with zero attached hydrogens (tertiary/aromatic N) is 2. The van der Waals surface area contributed by atoms with E-state index in [2.05, 4.69) is 42.8 Å². The van der Waals surface area contributed by atoms with Gasteiger partial charge in [-0.3, -0.25) is 9.88 Å². The highest BCUT2D eigenvalue weighted by Gasteiger charge is 2.31. The van der Waals surface area contributed by atoms with Crippen LogP contribution >= 0.6 is 0 Å². The highest BCUT2D eigenvalue weighted by molar-refractivity contribution is 5.16. The SMILES string of the molecule is CC(C)(C)C1CCN(C(CN)c2ccncc2)CC1. The summed E-state index contributed by atoms with van der Waals surface area (Å²) in [5.74, 6) is 0.833. The van der Waals surface area contributed by atoms with Gasteiger partial charge in [-0.05, 0) is 55.0 Å². The number of likely N-dealkylation sites (tertiary alicyclic amines) is 1. The van der Waals surface area contributed by atoms with Crippen LogP contribution < -0.4 is 5.73 Å². The van der Waals surface area contributed by atoms with E-state index in [9.17, 15) is 0 Å². The second-order valence-corrected chi connectivity index (χ2v) is 6.71. The standard InChI is InChI=1S/C16H27N3/c1-16(2,3)14-6-10-19(11-7-14)15(12-17)13-4-8-18-9-5-13/h4-5,8-9,14-15H,6-7,10-12,17H2,1-3H3. The van der Waals surface area contributed by atoms with Crippen LogP contribution in [0.2, 0.25) is 0 Å². The van der Waals surface area contributed by atoms with E-state index in [-0.39, 0.29) is 0 Å². The number of hydrogen-bond acceptors (Lipinski definition) is 3. The number of hydrogen-bond donors (Lipinski definition) is 1. The molecular formula is C16H27N3. The van der Waals surface area contributed by atoms with E-state index < -0.39 is 0 Å². The van der Waals surface area contributed by atoms with E-state index in [1.54, 1.807) is 0 Å². The van der Waals surface area contributed by atoms with Crippen LogP contribution in [0.4, 0.5) is 0 Å². The van der Waals surface area contributed by atoms with Crippen molar-refractivity contribution < 1.29 is 0 Å². The number of piperidine rings is 1. The zero-order valence-corrected chi connectivity index (χ0v) is 12.5. The van der Waals surface area contributed by atoms with E-state index in [1.807, 2.05) is 12.4 Å². The lowest BCUT2D eigenvalue weighted by atomic mass is 9.75. The molecule has 1 aliphatic heterocycles. The molecule has 0 amide bonds. The molecule has 2 heterocycles. The maximum absolute atomic E-state index is 5.99. The lowest BCUT2D eigenvalue weighted by molar-refractivity contribution is 0.0846. The Hall–Kier alpha value is -0.930. The topological polar surface area (TPSA) is 42.1 Å². The molecule has 1 aliphatic rings. The van der Waals surface area contributed by atoms with E-state index >= 15 is 0 Å². The zero-order chi connectivity index (χ0) is 13.9. The predicted octanol–water partition coefficient (Wildman–Crippen LogP) is 2.84. The fourth-order valence-electron chi connectivity index (χ4n) is 3.16. The minimum atomic E-state index is 0.351. The van der Waals surface area contributed by atoms with E-state index in [0.717, 1.165) is 19.0 Å². The first-order valence-corrected chi connectivity index (χ1v) is 7.36. The molecule has 1 atom stereocenters. The van der Waals surface area contributed by atoms with Gasteiger partial charge in [-0.15, -0.1) is 0 Å². The van der Waals surface area contributed by atoms with E-state index in [1.165, 1.54) is 18.4 Å². The highest BCUT2D eigenvalue weighted by atomic mass is 15.2. The summed E-state index contributed by atoms with van der Waals surface area (Å²) in [6.45, 7) is 10.1. The molecule has 0 saturated carbocycles. The largest absolute Gasteiger partial charge is 0.329 e. The Morgan fingerprint density at radius 2 is 1.84 bits per heavy atom. The van der Waals surface area contributed by atoms with Gasteiger partial charge in [-0.25, -0.2) is 0 Å². The third-order valence-electron chi connectivity index (χ3n) is 4.51. The Bertz CT molecular complexity index is 375. The first kappa shape index (κ1) is 14.5. The highest BCUT2D eigenvalue weighted by Crippen LogP contribution is 2.36. The van der Waals surface area contributed by atoms with Gasteiger partial charge in [-0.1, -0.05) is 20.8 Å². The average Bonchev–Trinajstić information content (AvgIpc) is 2.40. The number of rotatable bonds is 3. The third kappa shape index (κ3) is 3.54. The van der Waals surface area contributed by atoms with Crippen LogP contribution in [0.15, 0.2) is 24.5 Å². The Morgan fingerprint density at radius 3 is 2.32 bits per heavy atom. The summed E-state index contributed by atoms with van der Waals surface area (Å²) >= 11 is 0. The predicted molar refractivity (Wildman–Crippen MR) is 79.8 cm³/mol. The maximum Gasteiger partial charge on any atom is 0.0471 e. The van der Waals surface area contributed by atoms with Crippen LogP contribution in [-0.2, 0) is 0 Å². The summed E-state index contributed by atoms with van der Waals surface area (Å²) < 4.78 is 0. The summed E-state index contributed by atoms with van der Waals surface area (Å²) in [7, 11) is 0. The minimum Gasteiger partial charge on any atom is -0.329 e. The Balaban J connectivity index is 2.00. The smallest absolute Gasteiger partial charge is 0.0471 e. The van der Waals surface area contributed by atoms with Crippen LogP contribution in [0, 0.1) is 11.3 Å². The molecule has 0 spiro atoms. The summed E-state index contributed by atoms with van der Waals surface area (Å²) in [6.07, 6.45) is 6.29. The van der Waals surface area contributed by atoms with Gasteiger partial charge in [0.1, 0.15) is 0 Å². The van der Waals surface area contributed by atoms with E-state index in [4.69, 9.17) is 5.73 Å². The molecule has 2 rings (SSSR count). The number of pyridine rings is 1. The molecule has 0 bridgehead atoms. The average molecular weight is 261 g/mol. The van der Waals surface area contributed by atoms with Gasteiger partial charge >= 0.3 is 0 Å². The zero-order valence-electron chi connectivity index (χ0n) is 12.5. The van der Waals surface area contributed by atoms with Gasteiger partial charge in [0.2, 0.25) is 0 Å². The van der Waals surface area contributed by atoms with Gasteiger partial charge in [0, 0.05) is 25.0 Å². The molecule has 106 valence electrons. The van der Waals surface area contributed by atoms with Crippen molar-refractivity contribution in [1.82, 2.24) is 9.88 Å². The lowest BCUT2D eigenvalue weighted by Gasteiger charge is -2.41. The molecule has 1 aromatic heterocycles. The van der Waals surface area contributed by atoms with Crippen molar-refractivity contribution in [3.63, 3.8) is 0 Å². The molecule has 19 heavy (non-hydrogen) atoms. The molecule has 1 unspecified atom stereocenters. The molecule has 1 fully saturated rings. The maximum atomic E-state index is 5.99. The summed E-state index contributed by atoms with van der Waals surface area (Å²) in [6, 6.07) is 4.53. The monoisotopic (exact) mass is 261 g/mol. The van der Waals surface area contributed by atoms with Crippen molar-refractivity contribution in [3.8, 4) is 0 Å². The molecule has 3 heteroatoms. The van der Waals surface area contributed by atoms with Gasteiger partial charge in [0.25, 0.3) is 0 Å². The van der Waals surface area contributed by atoms with Gasteiger partial charge in [0.15, 0.2) is 0 Å². The number of nitrogens with two attached hydrogens (primary N) is 1. The second kappa shape index (κ2) is 6.02. The van der Waals surface area contributed by atoms with Crippen LogP contribution in [-0.4, -0.2) is 29.5 Å². The summed E-state index contributed by atoms with van der Waals surface area (Å²) in [5, 5.41) is 0. The minimum absolute atomic E-state index is 0.351. The van der Waals surface area contributed by atoms with Crippen molar-refractivity contribution in [2.24, 2.45) is 17.1 Å². The Kier molecular flexibility index (Phi) is 4.58. The third-order valence-corrected chi connectivity index (χ3v) is 4.51. The van der Waals surface area contributed by atoms with Crippen LogP contribution in [0.25, 0.3) is 0 Å². The molecule has 0 aromatic carbocycles. The van der Waals surface area contributed by atoms with E-state index in [0.29, 0.717) is 18.0 Å². The van der Waals surface area contributed by atoms with Crippen molar-refractivity contribution in [2.75, 3.05) is 19.6 Å². The van der Waals surface area contributed by atoms with Crippen molar-refractivity contribution in [1.29, 1.82) is 0 Å². The quantitative estimate of drug-likeness (QED) is 0.909. The lowest BCUT2D eigenvalue weighted by Crippen LogP contribution is -2.42. The van der Waals surface area contributed by atoms with Crippen LogP contribution in [0.1, 0.15) is 45.2 Å². The molecule has 0 aliphatic carbocycles. The molecule has 1 saturated heterocycles. The normalized spacial score (nSPS) is 20.4. The van der Waals surface area contributed by atoms with Crippen LogP contribution in [0.5, 0.6) is 0 Å². The number of aromatic nitrogens is 1. The Morgan fingerprint density at radius 1 is 1.26 bits per heavy atom. The molecule has 2 N–H and O–H groups in total.